The summed E-state index contributed by atoms with van der Waals surface area (Å²) in [6, 6.07) is 0. The van der Waals surface area contributed by atoms with Gasteiger partial charge in [-0.05, 0) is 33.6 Å². The van der Waals surface area contributed by atoms with Crippen LogP contribution in [0.25, 0.3) is 0 Å². The lowest BCUT2D eigenvalue weighted by Crippen LogP contribution is -2.66. The van der Waals surface area contributed by atoms with Crippen LogP contribution in [-0.4, -0.2) is 84.8 Å². The van der Waals surface area contributed by atoms with E-state index in [1.807, 2.05) is 0 Å². The third-order valence-corrected chi connectivity index (χ3v) is 8.35. The van der Waals surface area contributed by atoms with Crippen LogP contribution in [0.3, 0.4) is 0 Å². The monoisotopic (exact) mass is 742 g/mol. The summed E-state index contributed by atoms with van der Waals surface area (Å²) in [5, 5.41) is 5.45. The fourth-order valence-corrected chi connectivity index (χ4v) is 6.04. The van der Waals surface area contributed by atoms with Crippen LogP contribution >= 0.6 is 0 Å². The van der Waals surface area contributed by atoms with E-state index in [9.17, 15) is 28.8 Å². The molecule has 300 valence electrons. The zero-order valence-electron chi connectivity index (χ0n) is 32.9. The summed E-state index contributed by atoms with van der Waals surface area (Å²) in [5.74, 6) is -3.93. The lowest BCUT2D eigenvalue weighted by molar-refractivity contribution is -0.249. The predicted molar refractivity (Wildman–Crippen MR) is 193 cm³/mol. The molecule has 2 N–H and O–H groups in total. The minimum absolute atomic E-state index is 0.356. The van der Waals surface area contributed by atoms with Crippen LogP contribution in [0.5, 0.6) is 0 Å². The molecule has 1 heterocycles. The zero-order chi connectivity index (χ0) is 39.1. The van der Waals surface area contributed by atoms with Gasteiger partial charge in [0.1, 0.15) is 24.5 Å². The van der Waals surface area contributed by atoms with Crippen molar-refractivity contribution >= 4 is 35.9 Å². The van der Waals surface area contributed by atoms with Gasteiger partial charge in [-0.3, -0.25) is 24.0 Å². The highest BCUT2D eigenvalue weighted by molar-refractivity contribution is 5.83. The van der Waals surface area contributed by atoms with Gasteiger partial charge in [0.05, 0.1) is 0 Å². The largest absolute Gasteiger partial charge is 0.463 e. The quantitative estimate of drug-likeness (QED) is 0.0485. The highest BCUT2D eigenvalue weighted by atomic mass is 16.7. The summed E-state index contributed by atoms with van der Waals surface area (Å²) < 4.78 is 32.7. The third kappa shape index (κ3) is 21.2. The van der Waals surface area contributed by atoms with Crippen LogP contribution in [-0.2, 0) is 52.4 Å². The van der Waals surface area contributed by atoms with Crippen molar-refractivity contribution in [3.63, 3.8) is 0 Å². The smallest absolute Gasteiger partial charge is 0.409 e. The van der Waals surface area contributed by atoms with E-state index in [0.29, 0.717) is 12.8 Å². The van der Waals surface area contributed by atoms with Crippen molar-refractivity contribution in [3.05, 3.63) is 0 Å². The van der Waals surface area contributed by atoms with Crippen molar-refractivity contribution in [1.29, 1.82) is 0 Å². The Morgan fingerprint density at radius 3 is 1.48 bits per heavy atom. The fraction of sp³-hybridized carbons (Fsp3) is 0.842. The lowest BCUT2D eigenvalue weighted by Gasteiger charge is -2.44. The Morgan fingerprint density at radius 2 is 1.04 bits per heavy atom. The second-order valence-electron chi connectivity index (χ2n) is 14.6. The molecule has 6 atom stereocenters. The first kappa shape index (κ1) is 46.6. The molecule has 0 aromatic heterocycles. The van der Waals surface area contributed by atoms with E-state index in [1.54, 1.807) is 20.8 Å². The number of ether oxygens (including phenoxy) is 6. The molecule has 2 amide bonds. The van der Waals surface area contributed by atoms with Crippen LogP contribution in [0.2, 0.25) is 0 Å². The van der Waals surface area contributed by atoms with Gasteiger partial charge in [-0.15, -0.1) is 0 Å². The molecule has 52 heavy (non-hydrogen) atoms. The fourth-order valence-electron chi connectivity index (χ4n) is 6.04. The Morgan fingerprint density at radius 1 is 0.596 bits per heavy atom. The van der Waals surface area contributed by atoms with E-state index in [0.717, 1.165) is 53.4 Å². The Bertz CT molecular complexity index is 1110. The number of carbonyl (C=O) groups is 6. The first-order valence-electron chi connectivity index (χ1n) is 19.1. The average molecular weight is 743 g/mol. The molecule has 0 aromatic carbocycles. The normalized spacial score (nSPS) is 20.6. The summed E-state index contributed by atoms with van der Waals surface area (Å²) >= 11 is 0. The maximum atomic E-state index is 13.9. The number of hydrogen-bond donors (Lipinski definition) is 2. The zero-order valence-corrected chi connectivity index (χ0v) is 32.9. The molecule has 0 aromatic rings. The molecule has 14 heteroatoms. The van der Waals surface area contributed by atoms with Crippen molar-refractivity contribution in [3.8, 4) is 0 Å². The van der Waals surface area contributed by atoms with Crippen LogP contribution in [0.1, 0.15) is 158 Å². The minimum Gasteiger partial charge on any atom is -0.463 e. The number of amides is 2. The highest BCUT2D eigenvalue weighted by Crippen LogP contribution is 2.30. The van der Waals surface area contributed by atoms with E-state index in [2.05, 4.69) is 17.6 Å². The van der Waals surface area contributed by atoms with Crippen molar-refractivity contribution in [2.45, 2.75) is 200 Å². The number of unbranched alkanes of at least 4 members (excludes halogenated alkanes) is 14. The van der Waals surface area contributed by atoms with E-state index in [4.69, 9.17) is 28.4 Å². The van der Waals surface area contributed by atoms with Crippen LogP contribution < -0.4 is 10.6 Å². The van der Waals surface area contributed by atoms with Gasteiger partial charge in [-0.2, -0.15) is 0 Å². The van der Waals surface area contributed by atoms with E-state index >= 15 is 0 Å². The van der Waals surface area contributed by atoms with E-state index in [1.165, 1.54) is 64.2 Å². The molecule has 1 saturated heterocycles. The molecule has 0 radical (unpaired) electrons. The molecule has 1 rings (SSSR count). The van der Waals surface area contributed by atoms with Gasteiger partial charge in [-0.1, -0.05) is 96.8 Å². The van der Waals surface area contributed by atoms with Crippen molar-refractivity contribution < 1.29 is 57.2 Å². The molecular weight excluding hydrogens is 676 g/mol. The SMILES string of the molecule is CCCCCCCCCCCCCCCCC[C@@H](NC(=O)OC(C)(C)C)NC(=O)[C@@H]1O[C@H](COC(C)=O)[C@@H](OC(C)=O)[C@H](OC(C)=O)[C@H]1OC(C)=O. The second-order valence-corrected chi connectivity index (χ2v) is 14.6. The summed E-state index contributed by atoms with van der Waals surface area (Å²) in [6.07, 6.45) is 9.18. The minimum atomic E-state index is -1.62. The molecule has 0 unspecified atom stereocenters. The first-order valence-corrected chi connectivity index (χ1v) is 19.1. The summed E-state index contributed by atoms with van der Waals surface area (Å²) in [7, 11) is 0. The van der Waals surface area contributed by atoms with Crippen molar-refractivity contribution in [2.24, 2.45) is 0 Å². The van der Waals surface area contributed by atoms with Gasteiger partial charge in [0.2, 0.25) is 0 Å². The highest BCUT2D eigenvalue weighted by Gasteiger charge is 2.54. The topological polar surface area (TPSA) is 182 Å². The summed E-state index contributed by atoms with van der Waals surface area (Å²) in [5.41, 5.74) is -0.799. The van der Waals surface area contributed by atoms with E-state index in [-0.39, 0.29) is 0 Å². The Hall–Kier alpha value is -3.42. The third-order valence-electron chi connectivity index (χ3n) is 8.35. The maximum Gasteiger partial charge on any atom is 0.409 e. The van der Waals surface area contributed by atoms with Gasteiger partial charge in [0.25, 0.3) is 5.91 Å². The van der Waals surface area contributed by atoms with Gasteiger partial charge in [0.15, 0.2) is 24.4 Å². The molecule has 1 fully saturated rings. The Kier molecular flexibility index (Phi) is 22.9. The average Bonchev–Trinajstić information content (AvgIpc) is 3.02. The Balaban J connectivity index is 2.96. The van der Waals surface area contributed by atoms with Gasteiger partial charge in [0, 0.05) is 27.7 Å². The predicted octanol–water partition coefficient (Wildman–Crippen LogP) is 6.34. The lowest BCUT2D eigenvalue weighted by atomic mass is 9.93. The second kappa shape index (κ2) is 25.5. The van der Waals surface area contributed by atoms with Crippen molar-refractivity contribution in [1.82, 2.24) is 10.6 Å². The molecule has 0 saturated carbocycles. The molecular formula is C38H66N2O12. The number of esters is 4. The number of carbonyl (C=O) groups excluding carboxylic acids is 6. The van der Waals surface area contributed by atoms with E-state index < -0.39 is 84.8 Å². The first-order chi connectivity index (χ1) is 24.5. The van der Waals surface area contributed by atoms with Crippen molar-refractivity contribution in [2.75, 3.05) is 6.61 Å². The van der Waals surface area contributed by atoms with Crippen LogP contribution in [0.15, 0.2) is 0 Å². The molecule has 1 aliphatic heterocycles. The number of hydrogen-bond acceptors (Lipinski definition) is 12. The molecule has 0 bridgehead atoms. The van der Waals surface area contributed by atoms with Gasteiger partial charge < -0.3 is 39.1 Å². The molecule has 1 aliphatic rings. The number of nitrogens with one attached hydrogen (secondary N) is 2. The van der Waals surface area contributed by atoms with Crippen LogP contribution in [0.4, 0.5) is 4.79 Å². The van der Waals surface area contributed by atoms with Gasteiger partial charge in [-0.25, -0.2) is 4.79 Å². The summed E-state index contributed by atoms with van der Waals surface area (Å²) in [6.45, 7) is 11.4. The number of alkyl carbamates (subject to hydrolysis) is 1. The van der Waals surface area contributed by atoms with Crippen LogP contribution in [0, 0.1) is 0 Å². The molecule has 0 aliphatic carbocycles. The summed E-state index contributed by atoms with van der Waals surface area (Å²) in [4.78, 5) is 74.7. The standard InChI is InChI=1S/C38H66N2O12/c1-9-10-11-12-13-14-15-16-17-18-19-20-21-22-23-24-31(40-37(46)52-38(6,7)8)39-36(45)35-34(50-29(5)44)33(49-28(4)43)32(48-27(3)42)30(51-35)25-47-26(2)41/h30-35H,9-25H2,1-8H3,(H,39,45)(H,40,46)/t30-,31-,32-,33+,34-,35-/m1/s1. The van der Waals surface area contributed by atoms with Gasteiger partial charge >= 0.3 is 30.0 Å². The molecule has 14 nitrogen and oxygen atoms in total. The molecule has 0 spiro atoms. The number of rotatable bonds is 24. The maximum absolute atomic E-state index is 13.9. The Labute approximate surface area is 310 Å².